The van der Waals surface area contributed by atoms with Crippen LogP contribution in [0.25, 0.3) is 0 Å². The maximum Gasteiger partial charge on any atom is 0.673 e. The quantitative estimate of drug-likeness (QED) is 0.276. The first kappa shape index (κ1) is 19.1. The fraction of sp³-hybridized carbons (Fsp3) is 1.00. The third-order valence-electron chi connectivity index (χ3n) is 3.25. The van der Waals surface area contributed by atoms with Crippen molar-refractivity contribution in [3.63, 3.8) is 0 Å². The number of quaternary nitrogens is 1. The third kappa shape index (κ3) is 13.7. The Balaban J connectivity index is 0. The average molecular weight is 259 g/mol. The number of nitrogens with zero attached hydrogens (tertiary/aromatic N) is 1. The summed E-state index contributed by atoms with van der Waals surface area (Å²) in [6.07, 6.45) is 4.16. The highest BCUT2D eigenvalue weighted by molar-refractivity contribution is 6.50. The molecule has 6 heteroatoms. The standard InChI is InChI=1S/C11H26N.BF4/c1-5-9-10-11-12(6-2,7-3)8-4;2-1(3,4)5/h5-11H2,1-4H3;/q+1;-1. The van der Waals surface area contributed by atoms with E-state index in [4.69, 9.17) is 0 Å². The molecule has 0 unspecified atom stereocenters. The van der Waals surface area contributed by atoms with Crippen LogP contribution in [-0.4, -0.2) is 37.9 Å². The largest absolute Gasteiger partial charge is 0.673 e. The lowest BCUT2D eigenvalue weighted by Gasteiger charge is -2.35. The Morgan fingerprint density at radius 3 is 1.35 bits per heavy atom. The van der Waals surface area contributed by atoms with Crippen molar-refractivity contribution in [3.05, 3.63) is 0 Å². The molecule has 106 valence electrons. The minimum Gasteiger partial charge on any atom is -0.418 e. The first-order valence-electron chi connectivity index (χ1n) is 6.47. The highest BCUT2D eigenvalue weighted by Crippen LogP contribution is 2.09. The third-order valence-corrected chi connectivity index (χ3v) is 3.25. The fourth-order valence-electron chi connectivity index (χ4n) is 1.84. The van der Waals surface area contributed by atoms with Crippen LogP contribution in [0.1, 0.15) is 47.0 Å². The summed E-state index contributed by atoms with van der Waals surface area (Å²) in [5.74, 6) is 0. The smallest absolute Gasteiger partial charge is 0.418 e. The summed E-state index contributed by atoms with van der Waals surface area (Å²) >= 11 is 0. The molecule has 0 aliphatic carbocycles. The molecule has 0 spiro atoms. The van der Waals surface area contributed by atoms with Crippen molar-refractivity contribution in [2.24, 2.45) is 0 Å². The van der Waals surface area contributed by atoms with Crippen molar-refractivity contribution in [2.75, 3.05) is 26.2 Å². The van der Waals surface area contributed by atoms with Crippen molar-refractivity contribution in [1.29, 1.82) is 0 Å². The van der Waals surface area contributed by atoms with Crippen LogP contribution in [0.3, 0.4) is 0 Å². The van der Waals surface area contributed by atoms with Crippen LogP contribution in [0.2, 0.25) is 0 Å². The van der Waals surface area contributed by atoms with Crippen LogP contribution < -0.4 is 0 Å². The molecule has 0 heterocycles. The van der Waals surface area contributed by atoms with Crippen molar-refractivity contribution in [3.8, 4) is 0 Å². The lowest BCUT2D eigenvalue weighted by atomic mass is 10.2. The van der Waals surface area contributed by atoms with Crippen LogP contribution in [-0.2, 0) is 0 Å². The van der Waals surface area contributed by atoms with Crippen LogP contribution in [0, 0.1) is 0 Å². The van der Waals surface area contributed by atoms with Gasteiger partial charge in [-0.1, -0.05) is 13.3 Å². The molecule has 0 rings (SSSR count). The SMILES string of the molecule is CCCCC[N+](CC)(CC)CC.F[B-](F)(F)F. The molecule has 1 nitrogen and oxygen atoms in total. The van der Waals surface area contributed by atoms with Gasteiger partial charge in [0.1, 0.15) is 0 Å². The second-order valence-corrected chi connectivity index (χ2v) is 4.22. The van der Waals surface area contributed by atoms with Crippen LogP contribution in [0.4, 0.5) is 17.3 Å². The molecule has 0 aliphatic rings. The van der Waals surface area contributed by atoms with Crippen molar-refractivity contribution < 1.29 is 21.7 Å². The van der Waals surface area contributed by atoms with Gasteiger partial charge in [-0.15, -0.1) is 0 Å². The van der Waals surface area contributed by atoms with Gasteiger partial charge >= 0.3 is 7.25 Å². The Hall–Kier alpha value is -0.255. The Morgan fingerprint density at radius 1 is 0.765 bits per heavy atom. The van der Waals surface area contributed by atoms with Gasteiger partial charge in [-0.25, -0.2) is 0 Å². The maximum absolute atomic E-state index is 9.75. The van der Waals surface area contributed by atoms with Gasteiger partial charge in [-0.3, -0.25) is 0 Å². The summed E-state index contributed by atoms with van der Waals surface area (Å²) in [6.45, 7) is 14.5. The number of halogens is 4. The zero-order valence-electron chi connectivity index (χ0n) is 11.5. The number of unbranched alkanes of at least 4 members (excludes halogenated alkanes) is 2. The summed E-state index contributed by atoms with van der Waals surface area (Å²) in [7, 11) is -6.00. The predicted octanol–water partition coefficient (Wildman–Crippen LogP) is 4.35. The first-order chi connectivity index (χ1) is 7.74. The molecule has 0 aromatic rings. The monoisotopic (exact) mass is 259 g/mol. The highest BCUT2D eigenvalue weighted by atomic mass is 19.5. The summed E-state index contributed by atoms with van der Waals surface area (Å²) < 4.78 is 40.3. The van der Waals surface area contributed by atoms with Crippen molar-refractivity contribution in [1.82, 2.24) is 0 Å². The predicted molar refractivity (Wildman–Crippen MR) is 66.5 cm³/mol. The lowest BCUT2D eigenvalue weighted by Crippen LogP contribution is -2.48. The molecule has 0 aromatic heterocycles. The molecule has 0 fully saturated rings. The van der Waals surface area contributed by atoms with E-state index in [1.807, 2.05) is 0 Å². The van der Waals surface area contributed by atoms with Gasteiger partial charge in [0.15, 0.2) is 0 Å². The molecule has 0 amide bonds. The van der Waals surface area contributed by atoms with Gasteiger partial charge in [-0.05, 0) is 33.6 Å². The molecule has 0 radical (unpaired) electrons. The van der Waals surface area contributed by atoms with Crippen LogP contribution in [0.5, 0.6) is 0 Å². The van der Waals surface area contributed by atoms with E-state index >= 15 is 0 Å². The molecule has 0 saturated carbocycles. The van der Waals surface area contributed by atoms with E-state index in [9.17, 15) is 17.3 Å². The van der Waals surface area contributed by atoms with Gasteiger partial charge in [0, 0.05) is 0 Å². The molecule has 0 aromatic carbocycles. The molecule has 0 saturated heterocycles. The van der Waals surface area contributed by atoms with Gasteiger partial charge in [0.05, 0.1) is 26.2 Å². The maximum atomic E-state index is 9.75. The molecule has 0 bridgehead atoms. The summed E-state index contributed by atoms with van der Waals surface area (Å²) in [5.41, 5.74) is 0. The second kappa shape index (κ2) is 9.74. The van der Waals surface area contributed by atoms with Gasteiger partial charge in [-0.2, -0.15) is 0 Å². The van der Waals surface area contributed by atoms with E-state index in [2.05, 4.69) is 27.7 Å². The van der Waals surface area contributed by atoms with E-state index in [0.29, 0.717) is 0 Å². The van der Waals surface area contributed by atoms with Gasteiger partial charge in [0.25, 0.3) is 0 Å². The average Bonchev–Trinajstić information content (AvgIpc) is 2.23. The number of rotatable bonds is 7. The van der Waals surface area contributed by atoms with Crippen LogP contribution in [0.15, 0.2) is 0 Å². The fourth-order valence-corrected chi connectivity index (χ4v) is 1.84. The summed E-state index contributed by atoms with van der Waals surface area (Å²) in [6, 6.07) is 0. The van der Waals surface area contributed by atoms with Crippen molar-refractivity contribution in [2.45, 2.75) is 47.0 Å². The highest BCUT2D eigenvalue weighted by Gasteiger charge is 2.20. The van der Waals surface area contributed by atoms with Gasteiger partial charge in [0.2, 0.25) is 0 Å². The normalized spacial score (nSPS) is 12.0. The number of hydrogen-bond donors (Lipinski definition) is 0. The molecular formula is C11H26BF4N. The summed E-state index contributed by atoms with van der Waals surface area (Å²) in [5, 5.41) is 0. The van der Waals surface area contributed by atoms with E-state index in [0.717, 1.165) is 0 Å². The van der Waals surface area contributed by atoms with E-state index in [1.165, 1.54) is 49.9 Å². The van der Waals surface area contributed by atoms with E-state index < -0.39 is 7.25 Å². The Bertz CT molecular complexity index is 155. The Labute approximate surface area is 103 Å². The molecule has 0 N–H and O–H groups in total. The molecule has 0 atom stereocenters. The topological polar surface area (TPSA) is 0 Å². The zero-order valence-corrected chi connectivity index (χ0v) is 11.5. The molecule has 0 aliphatic heterocycles. The van der Waals surface area contributed by atoms with Crippen LogP contribution >= 0.6 is 0 Å². The lowest BCUT2D eigenvalue weighted by molar-refractivity contribution is -0.923. The first-order valence-corrected chi connectivity index (χ1v) is 6.47. The zero-order chi connectivity index (χ0) is 13.9. The minimum atomic E-state index is -6.00. The molecular weight excluding hydrogens is 233 g/mol. The Morgan fingerprint density at radius 2 is 1.12 bits per heavy atom. The van der Waals surface area contributed by atoms with Gasteiger partial charge < -0.3 is 21.7 Å². The second-order valence-electron chi connectivity index (χ2n) is 4.22. The minimum absolute atomic E-state index is 1.30. The van der Waals surface area contributed by atoms with Crippen molar-refractivity contribution >= 4 is 7.25 Å². The summed E-state index contributed by atoms with van der Waals surface area (Å²) in [4.78, 5) is 0. The number of hydrogen-bond acceptors (Lipinski definition) is 0. The van der Waals surface area contributed by atoms with E-state index in [-0.39, 0.29) is 0 Å². The molecule has 17 heavy (non-hydrogen) atoms. The Kier molecular flexibility index (Phi) is 10.9. The van der Waals surface area contributed by atoms with E-state index in [1.54, 1.807) is 0 Å².